The summed E-state index contributed by atoms with van der Waals surface area (Å²) in [7, 11) is 1.58. The third-order valence-electron chi connectivity index (χ3n) is 6.90. The highest BCUT2D eigenvalue weighted by Crippen LogP contribution is 2.36. The van der Waals surface area contributed by atoms with Crippen LogP contribution >= 0.6 is 11.8 Å². The molecule has 12 heteroatoms. The number of methoxy groups -OCH3 is 1. The van der Waals surface area contributed by atoms with Crippen LogP contribution < -0.4 is 19.9 Å². The molecule has 3 aliphatic rings. The van der Waals surface area contributed by atoms with E-state index in [1.165, 1.54) is 16.7 Å². The predicted octanol–water partition coefficient (Wildman–Crippen LogP) is 2.75. The van der Waals surface area contributed by atoms with Crippen LogP contribution in [0.2, 0.25) is 0 Å². The molecule has 2 fully saturated rings. The second-order valence-electron chi connectivity index (χ2n) is 9.26. The topological polar surface area (TPSA) is 117 Å². The van der Waals surface area contributed by atoms with E-state index in [1.54, 1.807) is 25.4 Å². The second kappa shape index (κ2) is 10.0. The monoisotopic (exact) mass is 534 g/mol. The van der Waals surface area contributed by atoms with Crippen molar-refractivity contribution in [1.29, 1.82) is 0 Å². The number of rotatable bonds is 5. The van der Waals surface area contributed by atoms with Gasteiger partial charge in [0.05, 0.1) is 42.7 Å². The molecule has 38 heavy (non-hydrogen) atoms. The molecule has 1 aromatic carbocycles. The lowest BCUT2D eigenvalue weighted by Gasteiger charge is -2.36. The molecule has 3 aromatic rings. The molecule has 0 aliphatic carbocycles. The molecule has 3 amide bonds. The van der Waals surface area contributed by atoms with Gasteiger partial charge in [0.25, 0.3) is 0 Å². The van der Waals surface area contributed by atoms with E-state index >= 15 is 0 Å². The van der Waals surface area contributed by atoms with Crippen molar-refractivity contribution in [3.63, 3.8) is 0 Å². The van der Waals surface area contributed by atoms with Gasteiger partial charge in [-0.1, -0.05) is 0 Å². The van der Waals surface area contributed by atoms with E-state index in [2.05, 4.69) is 20.2 Å². The number of benzene rings is 1. The number of carbonyl (C=O) groups excluding carboxylic acids is 3. The first kappa shape index (κ1) is 24.3. The Morgan fingerprint density at radius 2 is 2.00 bits per heavy atom. The molecule has 2 saturated heterocycles. The Labute approximate surface area is 223 Å². The Hall–Kier alpha value is -4.06. The van der Waals surface area contributed by atoms with Crippen LogP contribution in [0.4, 0.5) is 21.9 Å². The Morgan fingerprint density at radius 3 is 2.82 bits per heavy atom. The number of thioether (sulfide) groups is 1. The molecule has 196 valence electrons. The highest BCUT2D eigenvalue weighted by atomic mass is 32.2. The Morgan fingerprint density at radius 1 is 1.16 bits per heavy atom. The van der Waals surface area contributed by atoms with Crippen LogP contribution in [0.15, 0.2) is 47.5 Å². The molecule has 0 bridgehead atoms. The third kappa shape index (κ3) is 4.67. The molecule has 5 heterocycles. The Bertz CT molecular complexity index is 1430. The van der Waals surface area contributed by atoms with Gasteiger partial charge in [-0.2, -0.15) is 0 Å². The van der Waals surface area contributed by atoms with Gasteiger partial charge in [-0.15, -0.1) is 11.8 Å². The zero-order chi connectivity index (χ0) is 26.2. The number of hydrogen-bond acceptors (Lipinski definition) is 9. The number of nitrogens with one attached hydrogen (secondary N) is 1. The van der Waals surface area contributed by atoms with Gasteiger partial charge in [0, 0.05) is 49.0 Å². The number of anilines is 3. The first-order chi connectivity index (χ1) is 18.5. The molecule has 1 N–H and O–H groups in total. The zero-order valence-corrected chi connectivity index (χ0v) is 21.6. The molecule has 6 rings (SSSR count). The van der Waals surface area contributed by atoms with Gasteiger partial charge in [0.1, 0.15) is 11.6 Å². The number of aromatic nitrogens is 2. The molecule has 0 spiro atoms. The van der Waals surface area contributed by atoms with Crippen molar-refractivity contribution in [3.8, 4) is 5.88 Å². The molecule has 0 radical (unpaired) electrons. The standard InChI is InChI=1S/C26H26N6O5S/c1-36-23-5-3-18-25(29-23)20(6-7-27-18)30-8-10-31(11-9-30)24(34)13-17-14-32(26(35)37-17)16-2-4-21-19(12-16)28-22(33)15-38-21/h2-7,12,17H,8-11,13-15H2,1H3,(H,28,33)/t17-/m1/s1. The van der Waals surface area contributed by atoms with Crippen molar-refractivity contribution in [3.05, 3.63) is 42.6 Å². The van der Waals surface area contributed by atoms with Crippen molar-refractivity contribution in [1.82, 2.24) is 14.9 Å². The van der Waals surface area contributed by atoms with Crippen molar-refractivity contribution in [2.24, 2.45) is 0 Å². The molecule has 0 unspecified atom stereocenters. The number of carbonyl (C=O) groups is 3. The van der Waals surface area contributed by atoms with Gasteiger partial charge < -0.3 is 24.6 Å². The predicted molar refractivity (Wildman–Crippen MR) is 143 cm³/mol. The van der Waals surface area contributed by atoms with Gasteiger partial charge in [0.2, 0.25) is 17.7 Å². The summed E-state index contributed by atoms with van der Waals surface area (Å²) in [6, 6.07) is 11.1. The van der Waals surface area contributed by atoms with Crippen molar-refractivity contribution in [2.45, 2.75) is 17.4 Å². The summed E-state index contributed by atoms with van der Waals surface area (Å²) in [5, 5.41) is 2.84. The van der Waals surface area contributed by atoms with E-state index in [9.17, 15) is 14.4 Å². The fourth-order valence-electron chi connectivity index (χ4n) is 4.96. The van der Waals surface area contributed by atoms with Crippen molar-refractivity contribution in [2.75, 3.05) is 60.7 Å². The van der Waals surface area contributed by atoms with E-state index in [0.717, 1.165) is 21.6 Å². The lowest BCUT2D eigenvalue weighted by Crippen LogP contribution is -2.49. The van der Waals surface area contributed by atoms with Gasteiger partial charge in [0.15, 0.2) is 0 Å². The maximum absolute atomic E-state index is 13.1. The average molecular weight is 535 g/mol. The van der Waals surface area contributed by atoms with Crippen molar-refractivity contribution < 1.29 is 23.9 Å². The van der Waals surface area contributed by atoms with Crippen LogP contribution in [0.3, 0.4) is 0 Å². The number of pyridine rings is 2. The lowest BCUT2D eigenvalue weighted by atomic mass is 10.2. The smallest absolute Gasteiger partial charge is 0.414 e. The normalized spacial score (nSPS) is 19.3. The van der Waals surface area contributed by atoms with Gasteiger partial charge in [-0.3, -0.25) is 19.5 Å². The van der Waals surface area contributed by atoms with E-state index in [0.29, 0.717) is 49.2 Å². The number of hydrogen-bond donors (Lipinski definition) is 1. The van der Waals surface area contributed by atoms with E-state index in [1.807, 2.05) is 29.2 Å². The minimum atomic E-state index is -0.533. The molecule has 3 aliphatic heterocycles. The molecular weight excluding hydrogens is 508 g/mol. The molecule has 0 saturated carbocycles. The third-order valence-corrected chi connectivity index (χ3v) is 7.98. The maximum atomic E-state index is 13.1. The maximum Gasteiger partial charge on any atom is 0.414 e. The lowest BCUT2D eigenvalue weighted by molar-refractivity contribution is -0.133. The number of piperazine rings is 1. The largest absolute Gasteiger partial charge is 0.481 e. The van der Waals surface area contributed by atoms with Gasteiger partial charge in [-0.05, 0) is 30.3 Å². The zero-order valence-electron chi connectivity index (χ0n) is 20.8. The Balaban J connectivity index is 1.07. The van der Waals surface area contributed by atoms with Crippen LogP contribution in [0, 0.1) is 0 Å². The van der Waals surface area contributed by atoms with E-state index < -0.39 is 12.2 Å². The van der Waals surface area contributed by atoms with E-state index in [4.69, 9.17) is 9.47 Å². The summed E-state index contributed by atoms with van der Waals surface area (Å²) in [6.45, 7) is 2.69. The SMILES string of the molecule is COc1ccc2nccc(N3CCN(C(=O)C[C@@H]4CN(c5ccc6c(c5)NC(=O)CS6)C(=O)O4)CC3)c2n1. The van der Waals surface area contributed by atoms with Crippen LogP contribution in [-0.4, -0.2) is 84.5 Å². The Kier molecular flexibility index (Phi) is 6.40. The molecule has 2 aromatic heterocycles. The van der Waals surface area contributed by atoms with Crippen LogP contribution in [0.25, 0.3) is 11.0 Å². The van der Waals surface area contributed by atoms with Crippen LogP contribution in [0.5, 0.6) is 5.88 Å². The fourth-order valence-corrected chi connectivity index (χ4v) is 5.75. The number of amides is 3. The van der Waals surface area contributed by atoms with Crippen LogP contribution in [-0.2, 0) is 14.3 Å². The van der Waals surface area contributed by atoms with Gasteiger partial charge in [-0.25, -0.2) is 9.78 Å². The summed E-state index contributed by atoms with van der Waals surface area (Å²) in [5.41, 5.74) is 3.83. The molecule has 11 nitrogen and oxygen atoms in total. The van der Waals surface area contributed by atoms with Crippen molar-refractivity contribution >= 4 is 57.8 Å². The van der Waals surface area contributed by atoms with Crippen LogP contribution in [0.1, 0.15) is 6.42 Å². The molecule has 1 atom stereocenters. The van der Waals surface area contributed by atoms with Gasteiger partial charge >= 0.3 is 6.09 Å². The minimum absolute atomic E-state index is 0.0437. The summed E-state index contributed by atoms with van der Waals surface area (Å²) < 4.78 is 10.8. The fraction of sp³-hybridized carbons (Fsp3) is 0.346. The molecular formula is C26H26N6O5S. The highest BCUT2D eigenvalue weighted by molar-refractivity contribution is 8.00. The number of nitrogens with zero attached hydrogens (tertiary/aromatic N) is 5. The number of fused-ring (bicyclic) bond motifs is 2. The quantitative estimate of drug-likeness (QED) is 0.527. The average Bonchev–Trinajstić information content (AvgIpc) is 3.31. The number of ether oxygens (including phenoxy) is 2. The second-order valence-corrected chi connectivity index (χ2v) is 10.3. The highest BCUT2D eigenvalue weighted by Gasteiger charge is 2.35. The summed E-state index contributed by atoms with van der Waals surface area (Å²) in [5.74, 6) is 0.791. The van der Waals surface area contributed by atoms with E-state index in [-0.39, 0.29) is 24.8 Å². The first-order valence-corrected chi connectivity index (χ1v) is 13.3. The number of cyclic esters (lactones) is 1. The summed E-state index contributed by atoms with van der Waals surface area (Å²) in [6.07, 6.45) is 0.860. The summed E-state index contributed by atoms with van der Waals surface area (Å²) in [4.78, 5) is 52.9. The summed E-state index contributed by atoms with van der Waals surface area (Å²) >= 11 is 1.46. The first-order valence-electron chi connectivity index (χ1n) is 12.4. The minimum Gasteiger partial charge on any atom is -0.481 e.